The van der Waals surface area contributed by atoms with E-state index in [2.05, 4.69) is 6.92 Å². The van der Waals surface area contributed by atoms with Crippen LogP contribution in [0.25, 0.3) is 0 Å². The highest BCUT2D eigenvalue weighted by atomic mass is 35.5. The highest BCUT2D eigenvalue weighted by Gasteiger charge is 2.24. The van der Waals surface area contributed by atoms with Crippen molar-refractivity contribution in [3.63, 3.8) is 0 Å². The molecule has 1 N–H and O–H groups in total. The second-order valence-electron chi connectivity index (χ2n) is 5.50. The number of hydrogen-bond donors (Lipinski definition) is 1. The first-order valence-corrected chi connectivity index (χ1v) is 8.05. The topological polar surface area (TPSA) is 33.1 Å². The van der Waals surface area contributed by atoms with E-state index in [1.165, 1.54) is 5.56 Å². The van der Waals surface area contributed by atoms with E-state index < -0.39 is 5.60 Å². The number of rotatable bonds is 5. The Morgan fingerprint density at radius 1 is 1.25 bits per heavy atom. The molecule has 0 bridgehead atoms. The van der Waals surface area contributed by atoms with Crippen LogP contribution in [0.1, 0.15) is 48.3 Å². The van der Waals surface area contributed by atoms with Gasteiger partial charge in [-0.05, 0) is 38.0 Å². The van der Waals surface area contributed by atoms with E-state index in [9.17, 15) is 5.11 Å². The fraction of sp³-hybridized carbons (Fsp3) is 0.438. The molecule has 0 fully saturated rings. The number of halogens is 1. The summed E-state index contributed by atoms with van der Waals surface area (Å²) in [6, 6.07) is 7.84. The Balaban J connectivity index is 2.26. The third kappa shape index (κ3) is 3.81. The van der Waals surface area contributed by atoms with Gasteiger partial charge in [0.05, 0.1) is 21.2 Å². The highest BCUT2D eigenvalue weighted by Crippen LogP contribution is 2.31. The fourth-order valence-corrected chi connectivity index (χ4v) is 3.41. The number of aromatic nitrogens is 1. The molecule has 2 rings (SSSR count). The SMILES string of the molecule is CCCc1nc(Cc2ccc(Cl)cc2)sc1C(C)(C)O. The second-order valence-corrected chi connectivity index (χ2v) is 7.02. The van der Waals surface area contributed by atoms with Crippen LogP contribution in [-0.2, 0) is 18.4 Å². The standard InChI is InChI=1S/C16H20ClNOS/c1-4-5-13-15(16(2,3)19)20-14(18-13)10-11-6-8-12(17)9-7-11/h6-9,19H,4-5,10H2,1-3H3. The van der Waals surface area contributed by atoms with Gasteiger partial charge < -0.3 is 5.11 Å². The molecule has 1 aromatic carbocycles. The fourth-order valence-electron chi connectivity index (χ4n) is 2.14. The minimum atomic E-state index is -0.819. The van der Waals surface area contributed by atoms with Gasteiger partial charge in [0.1, 0.15) is 0 Å². The monoisotopic (exact) mass is 309 g/mol. The van der Waals surface area contributed by atoms with Gasteiger partial charge in [0.2, 0.25) is 0 Å². The average Bonchev–Trinajstić information content (AvgIpc) is 2.75. The molecule has 0 radical (unpaired) electrons. The van der Waals surface area contributed by atoms with Crippen LogP contribution in [0.3, 0.4) is 0 Å². The van der Waals surface area contributed by atoms with Crippen LogP contribution in [0.15, 0.2) is 24.3 Å². The molecule has 1 aromatic heterocycles. The number of benzene rings is 1. The second kappa shape index (κ2) is 6.25. The predicted molar refractivity (Wildman–Crippen MR) is 85.6 cm³/mol. The molecule has 0 unspecified atom stereocenters. The molecule has 4 heteroatoms. The quantitative estimate of drug-likeness (QED) is 0.877. The third-order valence-electron chi connectivity index (χ3n) is 3.05. The molecule has 2 aromatic rings. The third-order valence-corrected chi connectivity index (χ3v) is 4.72. The maximum Gasteiger partial charge on any atom is 0.0976 e. The van der Waals surface area contributed by atoms with Crippen LogP contribution < -0.4 is 0 Å². The first-order valence-electron chi connectivity index (χ1n) is 6.86. The van der Waals surface area contributed by atoms with Crippen molar-refractivity contribution in [2.24, 2.45) is 0 Å². The van der Waals surface area contributed by atoms with Crippen LogP contribution in [0, 0.1) is 0 Å². The van der Waals surface area contributed by atoms with Crippen molar-refractivity contribution in [3.05, 3.63) is 50.4 Å². The summed E-state index contributed by atoms with van der Waals surface area (Å²) in [5.74, 6) is 0. The normalized spacial score (nSPS) is 11.8. The summed E-state index contributed by atoms with van der Waals surface area (Å²) < 4.78 is 0. The first kappa shape index (κ1) is 15.5. The molecule has 108 valence electrons. The number of nitrogens with zero attached hydrogens (tertiary/aromatic N) is 1. The molecule has 0 amide bonds. The zero-order valence-electron chi connectivity index (χ0n) is 12.1. The average molecular weight is 310 g/mol. The molecule has 0 aliphatic rings. The Kier molecular flexibility index (Phi) is 4.84. The highest BCUT2D eigenvalue weighted by molar-refractivity contribution is 7.11. The summed E-state index contributed by atoms with van der Waals surface area (Å²) in [6.07, 6.45) is 2.73. The van der Waals surface area contributed by atoms with Crippen molar-refractivity contribution in [1.82, 2.24) is 4.98 Å². The van der Waals surface area contributed by atoms with Crippen LogP contribution in [0.5, 0.6) is 0 Å². The van der Waals surface area contributed by atoms with Crippen molar-refractivity contribution in [2.75, 3.05) is 0 Å². The summed E-state index contributed by atoms with van der Waals surface area (Å²) in [7, 11) is 0. The van der Waals surface area contributed by atoms with Crippen molar-refractivity contribution in [3.8, 4) is 0 Å². The lowest BCUT2D eigenvalue weighted by Gasteiger charge is -2.16. The van der Waals surface area contributed by atoms with E-state index in [0.717, 1.165) is 39.9 Å². The lowest BCUT2D eigenvalue weighted by atomic mass is 10.0. The molecular formula is C16H20ClNOS. The molecule has 0 saturated heterocycles. The van der Waals surface area contributed by atoms with Crippen molar-refractivity contribution in [2.45, 2.75) is 45.6 Å². The first-order chi connectivity index (χ1) is 9.40. The van der Waals surface area contributed by atoms with Gasteiger partial charge in [-0.1, -0.05) is 37.1 Å². The number of aryl methyl sites for hydroxylation is 1. The molecule has 2 nitrogen and oxygen atoms in total. The Morgan fingerprint density at radius 3 is 2.45 bits per heavy atom. The molecular weight excluding hydrogens is 290 g/mol. The van der Waals surface area contributed by atoms with Crippen LogP contribution >= 0.6 is 22.9 Å². The maximum absolute atomic E-state index is 10.3. The molecule has 1 heterocycles. The minimum absolute atomic E-state index is 0.747. The number of aliphatic hydroxyl groups is 1. The van der Waals surface area contributed by atoms with Crippen molar-refractivity contribution in [1.29, 1.82) is 0 Å². The molecule has 0 saturated carbocycles. The lowest BCUT2D eigenvalue weighted by Crippen LogP contribution is -2.15. The van der Waals surface area contributed by atoms with Gasteiger partial charge in [0, 0.05) is 11.4 Å². The van der Waals surface area contributed by atoms with Crippen LogP contribution in [0.4, 0.5) is 0 Å². The van der Waals surface area contributed by atoms with E-state index in [-0.39, 0.29) is 0 Å². The van der Waals surface area contributed by atoms with Gasteiger partial charge >= 0.3 is 0 Å². The van der Waals surface area contributed by atoms with Gasteiger partial charge in [-0.25, -0.2) is 4.98 Å². The van der Waals surface area contributed by atoms with E-state index in [1.807, 2.05) is 38.1 Å². The summed E-state index contributed by atoms with van der Waals surface area (Å²) in [5.41, 5.74) is 1.41. The number of hydrogen-bond acceptors (Lipinski definition) is 3. The van der Waals surface area contributed by atoms with E-state index in [4.69, 9.17) is 16.6 Å². The van der Waals surface area contributed by atoms with E-state index in [1.54, 1.807) is 11.3 Å². The minimum Gasteiger partial charge on any atom is -0.385 e. The number of thiazole rings is 1. The van der Waals surface area contributed by atoms with Gasteiger partial charge in [0.25, 0.3) is 0 Å². The van der Waals surface area contributed by atoms with Crippen LogP contribution in [0.2, 0.25) is 5.02 Å². The molecule has 0 atom stereocenters. The Morgan fingerprint density at radius 2 is 1.90 bits per heavy atom. The van der Waals surface area contributed by atoms with E-state index in [0.29, 0.717) is 0 Å². The Labute approximate surface area is 129 Å². The smallest absolute Gasteiger partial charge is 0.0976 e. The Hall–Kier alpha value is -0.900. The lowest BCUT2D eigenvalue weighted by molar-refractivity contribution is 0.0813. The van der Waals surface area contributed by atoms with Gasteiger partial charge in [-0.2, -0.15) is 0 Å². The van der Waals surface area contributed by atoms with Crippen molar-refractivity contribution < 1.29 is 5.11 Å². The van der Waals surface area contributed by atoms with Gasteiger partial charge in [-0.3, -0.25) is 0 Å². The Bertz CT molecular complexity index is 569. The zero-order chi connectivity index (χ0) is 14.8. The molecule has 0 aliphatic heterocycles. The molecule has 0 spiro atoms. The van der Waals surface area contributed by atoms with Gasteiger partial charge in [0.15, 0.2) is 0 Å². The summed E-state index contributed by atoms with van der Waals surface area (Å²) in [4.78, 5) is 5.70. The summed E-state index contributed by atoms with van der Waals surface area (Å²) in [5, 5.41) is 12.1. The zero-order valence-corrected chi connectivity index (χ0v) is 13.7. The summed E-state index contributed by atoms with van der Waals surface area (Å²) >= 11 is 7.51. The maximum atomic E-state index is 10.3. The van der Waals surface area contributed by atoms with E-state index >= 15 is 0 Å². The summed E-state index contributed by atoms with van der Waals surface area (Å²) in [6.45, 7) is 5.78. The molecule has 0 aliphatic carbocycles. The largest absolute Gasteiger partial charge is 0.385 e. The van der Waals surface area contributed by atoms with Crippen LogP contribution in [-0.4, -0.2) is 10.1 Å². The molecule has 20 heavy (non-hydrogen) atoms. The van der Waals surface area contributed by atoms with Gasteiger partial charge in [-0.15, -0.1) is 11.3 Å². The van der Waals surface area contributed by atoms with Crippen molar-refractivity contribution >= 4 is 22.9 Å². The predicted octanol–water partition coefficient (Wildman–Crippen LogP) is 4.57.